The number of ether oxygens (including phenoxy) is 1. The van der Waals surface area contributed by atoms with Crippen LogP contribution in [-0.4, -0.2) is 42.6 Å². The molecule has 0 unspecified atom stereocenters. The average Bonchev–Trinajstić information content (AvgIpc) is 3.79. The van der Waals surface area contributed by atoms with Crippen molar-refractivity contribution in [3.05, 3.63) is 156 Å². The van der Waals surface area contributed by atoms with Crippen LogP contribution in [0, 0.1) is 0 Å². The van der Waals surface area contributed by atoms with Crippen LogP contribution in [0.3, 0.4) is 0 Å². The van der Waals surface area contributed by atoms with Crippen LogP contribution in [0.15, 0.2) is 149 Å². The smallest absolute Gasteiger partial charge is 0.237 e. The summed E-state index contributed by atoms with van der Waals surface area (Å²) in [6, 6.07) is 44.6. The minimum Gasteiger partial charge on any atom is -0.486 e. The van der Waals surface area contributed by atoms with Gasteiger partial charge in [0, 0.05) is 11.4 Å². The highest BCUT2D eigenvalue weighted by Gasteiger charge is 2.22. The molecule has 2 heterocycles. The first-order valence-electron chi connectivity index (χ1n) is 16.6. The first-order valence-corrected chi connectivity index (χ1v) is 19.3. The van der Waals surface area contributed by atoms with Crippen LogP contribution in [-0.2, 0) is 16.2 Å². The number of aromatic nitrogens is 4. The van der Waals surface area contributed by atoms with E-state index in [0.29, 0.717) is 16.7 Å². The van der Waals surface area contributed by atoms with Crippen LogP contribution in [0.25, 0.3) is 15.9 Å². The molecule has 0 bridgehead atoms. The molecule has 2 N–H and O–H groups in total. The lowest BCUT2D eigenvalue weighted by atomic mass is 9.99. The van der Waals surface area contributed by atoms with Crippen molar-refractivity contribution in [2.24, 2.45) is 0 Å². The molecule has 2 aromatic heterocycles. The normalized spacial score (nSPS) is 11.7. The topological polar surface area (TPSA) is 111 Å². The van der Waals surface area contributed by atoms with E-state index in [0.717, 1.165) is 37.1 Å². The fraction of sp³-hybridized carbons (Fsp3) is 0.125. The summed E-state index contributed by atoms with van der Waals surface area (Å²) in [5, 5.41) is 15.2. The third kappa shape index (κ3) is 8.71. The average molecular weight is 743 g/mol. The number of thioether (sulfide) groups is 2. The summed E-state index contributed by atoms with van der Waals surface area (Å²) in [6.07, 6.45) is 0. The Morgan fingerprint density at radius 2 is 1.44 bits per heavy atom. The van der Waals surface area contributed by atoms with E-state index in [1.54, 1.807) is 0 Å². The third-order valence-electron chi connectivity index (χ3n) is 8.01. The van der Waals surface area contributed by atoms with Gasteiger partial charge in [0.25, 0.3) is 0 Å². The highest BCUT2D eigenvalue weighted by molar-refractivity contribution is 8.01. The maximum atomic E-state index is 13.4. The third-order valence-corrected chi connectivity index (χ3v) is 11.2. The number of anilines is 1. The second-order valence-electron chi connectivity index (χ2n) is 11.7. The largest absolute Gasteiger partial charge is 0.486 e. The second kappa shape index (κ2) is 16.7. The molecule has 0 spiro atoms. The molecule has 1 atom stereocenters. The molecule has 0 aliphatic rings. The van der Waals surface area contributed by atoms with Gasteiger partial charge in [-0.25, -0.2) is 4.98 Å². The fourth-order valence-corrected chi connectivity index (χ4v) is 8.25. The number of nitrogens with one attached hydrogen (secondary N) is 2. The van der Waals surface area contributed by atoms with Gasteiger partial charge in [-0.1, -0.05) is 121 Å². The Labute approximate surface area is 313 Å². The van der Waals surface area contributed by atoms with Gasteiger partial charge in [-0.2, -0.15) is 0 Å². The number of carbonyl (C=O) groups excluding carboxylic acids is 2. The van der Waals surface area contributed by atoms with Crippen molar-refractivity contribution < 1.29 is 14.3 Å². The lowest BCUT2D eigenvalue weighted by Gasteiger charge is -2.19. The molecular formula is C40H34N6O3S3. The van der Waals surface area contributed by atoms with Crippen molar-refractivity contribution in [3.8, 4) is 11.4 Å². The fourth-order valence-electron chi connectivity index (χ4n) is 5.45. The lowest BCUT2D eigenvalue weighted by Crippen LogP contribution is -2.30. The maximum absolute atomic E-state index is 13.4. The minimum atomic E-state index is -0.480. The number of hydrogen-bond donors (Lipinski definition) is 2. The van der Waals surface area contributed by atoms with Crippen LogP contribution in [0.5, 0.6) is 5.75 Å². The van der Waals surface area contributed by atoms with Gasteiger partial charge in [-0.3, -0.25) is 14.2 Å². The molecular weight excluding hydrogens is 709 g/mol. The molecule has 12 heteroatoms. The molecule has 7 rings (SSSR count). The number of hydrogen-bond acceptors (Lipinski definition) is 9. The number of carbonyl (C=O) groups is 2. The number of para-hydroxylation sites is 2. The van der Waals surface area contributed by atoms with Crippen molar-refractivity contribution in [1.82, 2.24) is 25.1 Å². The van der Waals surface area contributed by atoms with E-state index >= 15 is 0 Å². The van der Waals surface area contributed by atoms with Crippen molar-refractivity contribution in [1.29, 1.82) is 0 Å². The minimum absolute atomic E-state index is 0.0830. The van der Waals surface area contributed by atoms with E-state index in [-0.39, 0.29) is 30.2 Å². The highest BCUT2D eigenvalue weighted by atomic mass is 32.2. The van der Waals surface area contributed by atoms with Gasteiger partial charge in [0.1, 0.15) is 12.4 Å². The van der Waals surface area contributed by atoms with E-state index in [2.05, 4.69) is 20.8 Å². The molecule has 52 heavy (non-hydrogen) atoms. The van der Waals surface area contributed by atoms with Crippen LogP contribution in [0.2, 0.25) is 0 Å². The molecule has 0 radical (unpaired) electrons. The second-order valence-corrected chi connectivity index (χ2v) is 15.3. The molecule has 5 aromatic carbocycles. The number of rotatable bonds is 14. The summed E-state index contributed by atoms with van der Waals surface area (Å²) in [6.45, 7) is 2.06. The Morgan fingerprint density at radius 1 is 0.808 bits per heavy atom. The molecule has 0 fully saturated rings. The van der Waals surface area contributed by atoms with Crippen molar-refractivity contribution in [3.63, 3.8) is 0 Å². The van der Waals surface area contributed by atoms with E-state index < -0.39 is 5.25 Å². The molecule has 0 saturated heterocycles. The van der Waals surface area contributed by atoms with E-state index in [9.17, 15) is 9.59 Å². The summed E-state index contributed by atoms with van der Waals surface area (Å²) >= 11 is 4.21. The first kappa shape index (κ1) is 35.0. The molecule has 0 aliphatic heterocycles. The summed E-state index contributed by atoms with van der Waals surface area (Å²) in [4.78, 5) is 31.3. The van der Waals surface area contributed by atoms with Crippen LogP contribution < -0.4 is 15.4 Å². The Hall–Kier alpha value is -5.43. The molecule has 260 valence electrons. The summed E-state index contributed by atoms with van der Waals surface area (Å²) in [7, 11) is 0. The number of benzene rings is 5. The van der Waals surface area contributed by atoms with Crippen molar-refractivity contribution in [2.45, 2.75) is 34.3 Å². The van der Waals surface area contributed by atoms with Gasteiger partial charge < -0.3 is 15.4 Å². The SMILES string of the molecule is C[C@H](Sc1nnc(COc2ccccc2)n1-c1ccccc1)C(=O)Nc1ccc2nc(SCC(=O)NC(c3ccccc3)c3ccccc3)sc2c1. The summed E-state index contributed by atoms with van der Waals surface area (Å²) in [5.74, 6) is 1.33. The quantitative estimate of drug-likeness (QED) is 0.107. The van der Waals surface area contributed by atoms with Crippen LogP contribution >= 0.6 is 34.9 Å². The van der Waals surface area contributed by atoms with Gasteiger partial charge >= 0.3 is 0 Å². The first-order chi connectivity index (χ1) is 25.5. The van der Waals surface area contributed by atoms with E-state index in [1.807, 2.05) is 151 Å². The summed E-state index contributed by atoms with van der Waals surface area (Å²) in [5.41, 5.74) is 4.39. The van der Waals surface area contributed by atoms with Crippen molar-refractivity contribution >= 4 is 62.6 Å². The predicted octanol–water partition coefficient (Wildman–Crippen LogP) is 8.57. The summed E-state index contributed by atoms with van der Waals surface area (Å²) < 4.78 is 9.59. The monoisotopic (exact) mass is 742 g/mol. The van der Waals surface area contributed by atoms with Gasteiger partial charge in [-0.05, 0) is 60.5 Å². The Balaban J connectivity index is 0.981. The zero-order valence-corrected chi connectivity index (χ0v) is 30.5. The highest BCUT2D eigenvalue weighted by Crippen LogP contribution is 2.33. The maximum Gasteiger partial charge on any atom is 0.237 e. The Bertz CT molecular complexity index is 2210. The Kier molecular flexibility index (Phi) is 11.3. The molecule has 7 aromatic rings. The Morgan fingerprint density at radius 3 is 2.12 bits per heavy atom. The molecule has 2 amide bonds. The number of fused-ring (bicyclic) bond motifs is 1. The lowest BCUT2D eigenvalue weighted by molar-refractivity contribution is -0.119. The number of thiazole rings is 1. The number of nitrogens with zero attached hydrogens (tertiary/aromatic N) is 4. The van der Waals surface area contributed by atoms with E-state index in [4.69, 9.17) is 9.72 Å². The van der Waals surface area contributed by atoms with Gasteiger partial charge in [0.05, 0.1) is 27.3 Å². The van der Waals surface area contributed by atoms with Crippen LogP contribution in [0.4, 0.5) is 5.69 Å². The molecule has 0 aliphatic carbocycles. The standard InChI is InChI=1S/C40H34N6O3S3/c1-27(51-39-45-44-35(25-49-32-20-12-5-13-21-32)46(39)31-18-10-4-11-19-31)38(48)41-30-22-23-33-34(24-30)52-40(42-33)50-26-36(47)43-37(28-14-6-2-7-15-28)29-16-8-3-9-17-29/h2-24,27,37H,25-26H2,1H3,(H,41,48)(H,43,47)/t27-/m0/s1. The number of amides is 2. The van der Waals surface area contributed by atoms with Gasteiger partial charge in [0.15, 0.2) is 15.3 Å². The zero-order chi connectivity index (χ0) is 35.7. The van der Waals surface area contributed by atoms with Crippen molar-refractivity contribution in [2.75, 3.05) is 11.1 Å². The predicted molar refractivity (Wildman–Crippen MR) is 209 cm³/mol. The van der Waals surface area contributed by atoms with Gasteiger partial charge in [0.2, 0.25) is 11.8 Å². The molecule has 9 nitrogen and oxygen atoms in total. The van der Waals surface area contributed by atoms with Gasteiger partial charge in [-0.15, -0.1) is 21.5 Å². The molecule has 0 saturated carbocycles. The van der Waals surface area contributed by atoms with Crippen LogP contribution in [0.1, 0.15) is 29.9 Å². The van der Waals surface area contributed by atoms with E-state index in [1.165, 1.54) is 34.9 Å². The zero-order valence-electron chi connectivity index (χ0n) is 28.1.